The number of rotatable bonds is 0. The molecule has 88 valence electrons. The predicted molar refractivity (Wildman–Crippen MR) is 66.3 cm³/mol. The Morgan fingerprint density at radius 2 is 2.12 bits per heavy atom. The SMILES string of the molecule is N#CC1CC2(CCCC2)Oc2ccc(Cl)cc21. The van der Waals surface area contributed by atoms with Crippen LogP contribution in [0.25, 0.3) is 0 Å². The predicted octanol–water partition coefficient (Wildman–Crippen LogP) is 4.04. The average molecular weight is 248 g/mol. The monoisotopic (exact) mass is 247 g/mol. The van der Waals surface area contributed by atoms with Crippen LogP contribution in [-0.4, -0.2) is 5.60 Å². The highest BCUT2D eigenvalue weighted by molar-refractivity contribution is 6.30. The molecule has 2 nitrogen and oxygen atoms in total. The first-order valence-electron chi connectivity index (χ1n) is 6.11. The summed E-state index contributed by atoms with van der Waals surface area (Å²) in [5.74, 6) is 0.782. The lowest BCUT2D eigenvalue weighted by molar-refractivity contribution is 0.0485. The number of nitriles is 1. The van der Waals surface area contributed by atoms with Crippen LogP contribution in [-0.2, 0) is 0 Å². The average Bonchev–Trinajstić information content (AvgIpc) is 2.77. The van der Waals surface area contributed by atoms with Crippen molar-refractivity contribution in [3.05, 3.63) is 28.8 Å². The lowest BCUT2D eigenvalue weighted by Gasteiger charge is -2.37. The van der Waals surface area contributed by atoms with Crippen molar-refractivity contribution < 1.29 is 4.74 Å². The second-order valence-electron chi connectivity index (χ2n) is 5.06. The van der Waals surface area contributed by atoms with Gasteiger partial charge in [0.05, 0.1) is 12.0 Å². The van der Waals surface area contributed by atoms with Crippen LogP contribution in [0.15, 0.2) is 18.2 Å². The molecule has 1 aliphatic carbocycles. The zero-order valence-corrected chi connectivity index (χ0v) is 10.3. The van der Waals surface area contributed by atoms with Gasteiger partial charge in [-0.15, -0.1) is 0 Å². The van der Waals surface area contributed by atoms with Gasteiger partial charge < -0.3 is 4.74 Å². The quantitative estimate of drug-likeness (QED) is 0.693. The zero-order valence-electron chi connectivity index (χ0n) is 9.58. The maximum atomic E-state index is 9.32. The summed E-state index contributed by atoms with van der Waals surface area (Å²) in [7, 11) is 0. The van der Waals surface area contributed by atoms with Crippen molar-refractivity contribution in [2.75, 3.05) is 0 Å². The second-order valence-corrected chi connectivity index (χ2v) is 5.50. The van der Waals surface area contributed by atoms with Gasteiger partial charge >= 0.3 is 0 Å². The van der Waals surface area contributed by atoms with Crippen molar-refractivity contribution in [3.63, 3.8) is 0 Å². The van der Waals surface area contributed by atoms with Gasteiger partial charge in [0.25, 0.3) is 0 Å². The van der Waals surface area contributed by atoms with E-state index >= 15 is 0 Å². The lowest BCUT2D eigenvalue weighted by Crippen LogP contribution is -2.38. The molecule has 0 N–H and O–H groups in total. The van der Waals surface area contributed by atoms with E-state index in [1.807, 2.05) is 18.2 Å². The van der Waals surface area contributed by atoms with E-state index < -0.39 is 0 Å². The molecule has 1 atom stereocenters. The Balaban J connectivity index is 2.04. The fourth-order valence-corrected chi connectivity index (χ4v) is 3.26. The number of nitrogens with zero attached hydrogens (tertiary/aromatic N) is 1. The highest BCUT2D eigenvalue weighted by atomic mass is 35.5. The van der Waals surface area contributed by atoms with E-state index in [4.69, 9.17) is 16.3 Å². The minimum Gasteiger partial charge on any atom is -0.487 e. The Labute approximate surface area is 106 Å². The first kappa shape index (κ1) is 10.9. The van der Waals surface area contributed by atoms with Crippen LogP contribution in [0.1, 0.15) is 43.6 Å². The minimum absolute atomic E-state index is 0.0736. The maximum absolute atomic E-state index is 9.32. The van der Waals surface area contributed by atoms with E-state index in [9.17, 15) is 5.26 Å². The van der Waals surface area contributed by atoms with Gasteiger partial charge in [0.2, 0.25) is 0 Å². The summed E-state index contributed by atoms with van der Waals surface area (Å²) < 4.78 is 6.16. The van der Waals surface area contributed by atoms with Crippen LogP contribution in [0.2, 0.25) is 5.02 Å². The molecule has 1 heterocycles. The van der Waals surface area contributed by atoms with Crippen molar-refractivity contribution in [3.8, 4) is 11.8 Å². The fourth-order valence-electron chi connectivity index (χ4n) is 3.08. The molecule has 3 rings (SSSR count). The highest BCUT2D eigenvalue weighted by Gasteiger charge is 2.43. The third-order valence-electron chi connectivity index (χ3n) is 3.92. The molecule has 1 unspecified atom stereocenters. The van der Waals surface area contributed by atoms with Crippen molar-refractivity contribution in [2.24, 2.45) is 0 Å². The molecule has 0 aromatic heterocycles. The molecule has 3 heteroatoms. The summed E-state index contributed by atoms with van der Waals surface area (Å²) in [4.78, 5) is 0. The van der Waals surface area contributed by atoms with Crippen molar-refractivity contribution >= 4 is 11.6 Å². The molecule has 2 aliphatic rings. The molecule has 1 aromatic carbocycles. The van der Waals surface area contributed by atoms with Gasteiger partial charge in [-0.25, -0.2) is 0 Å². The third kappa shape index (κ3) is 1.79. The molecule has 0 bridgehead atoms. The molecule has 0 saturated heterocycles. The molecule has 1 aliphatic heterocycles. The van der Waals surface area contributed by atoms with Crippen molar-refractivity contribution in [1.82, 2.24) is 0 Å². The van der Waals surface area contributed by atoms with Gasteiger partial charge in [0.15, 0.2) is 0 Å². The molecule has 0 radical (unpaired) electrons. The summed E-state index contributed by atoms with van der Waals surface area (Å²) in [6.07, 6.45) is 5.39. The van der Waals surface area contributed by atoms with Crippen LogP contribution >= 0.6 is 11.6 Å². The topological polar surface area (TPSA) is 33.0 Å². The fraction of sp³-hybridized carbons (Fsp3) is 0.500. The molecular formula is C14H14ClNO. The van der Waals surface area contributed by atoms with E-state index in [0.29, 0.717) is 5.02 Å². The van der Waals surface area contributed by atoms with Crippen molar-refractivity contribution in [2.45, 2.75) is 43.6 Å². The number of hydrogen-bond donors (Lipinski definition) is 0. The van der Waals surface area contributed by atoms with Crippen LogP contribution in [0.3, 0.4) is 0 Å². The van der Waals surface area contributed by atoms with Crippen LogP contribution in [0.4, 0.5) is 0 Å². The van der Waals surface area contributed by atoms with Gasteiger partial charge in [0, 0.05) is 17.0 Å². The summed E-state index contributed by atoms with van der Waals surface area (Å²) >= 11 is 5.99. The Morgan fingerprint density at radius 1 is 1.35 bits per heavy atom. The maximum Gasteiger partial charge on any atom is 0.124 e. The third-order valence-corrected chi connectivity index (χ3v) is 4.16. The van der Waals surface area contributed by atoms with Gasteiger partial charge in [-0.1, -0.05) is 11.6 Å². The number of hydrogen-bond acceptors (Lipinski definition) is 2. The van der Waals surface area contributed by atoms with E-state index in [1.54, 1.807) is 0 Å². The summed E-state index contributed by atoms with van der Waals surface area (Å²) in [5.41, 5.74) is 0.874. The van der Waals surface area contributed by atoms with E-state index in [2.05, 4.69) is 6.07 Å². The van der Waals surface area contributed by atoms with Crippen LogP contribution < -0.4 is 4.74 Å². The summed E-state index contributed by atoms with van der Waals surface area (Å²) in [5, 5.41) is 10.00. The smallest absolute Gasteiger partial charge is 0.124 e. The number of fused-ring (bicyclic) bond motifs is 1. The second kappa shape index (κ2) is 3.92. The molecule has 1 fully saturated rings. The highest BCUT2D eigenvalue weighted by Crippen LogP contribution is 2.48. The normalized spacial score (nSPS) is 25.1. The molecule has 17 heavy (non-hydrogen) atoms. The molecular weight excluding hydrogens is 234 g/mol. The Morgan fingerprint density at radius 3 is 2.82 bits per heavy atom. The van der Waals surface area contributed by atoms with Crippen molar-refractivity contribution in [1.29, 1.82) is 5.26 Å². The minimum atomic E-state index is -0.0821. The van der Waals surface area contributed by atoms with Gasteiger partial charge in [-0.2, -0.15) is 5.26 Å². The van der Waals surface area contributed by atoms with Crippen LogP contribution in [0.5, 0.6) is 5.75 Å². The van der Waals surface area contributed by atoms with E-state index in [0.717, 1.165) is 30.6 Å². The van der Waals surface area contributed by atoms with Gasteiger partial charge in [-0.3, -0.25) is 0 Å². The Bertz CT molecular complexity index is 485. The van der Waals surface area contributed by atoms with E-state index in [-0.39, 0.29) is 11.5 Å². The molecule has 1 aromatic rings. The first-order chi connectivity index (χ1) is 8.22. The standard InChI is InChI=1S/C14H14ClNO/c15-11-3-4-13-12(7-11)10(9-16)8-14(17-13)5-1-2-6-14/h3-4,7,10H,1-2,5-6,8H2. The first-order valence-corrected chi connectivity index (χ1v) is 6.48. The van der Waals surface area contributed by atoms with Gasteiger partial charge in [0.1, 0.15) is 11.4 Å². The largest absolute Gasteiger partial charge is 0.487 e. The van der Waals surface area contributed by atoms with Crippen LogP contribution in [0, 0.1) is 11.3 Å². The zero-order chi connectivity index (χ0) is 11.9. The Hall–Kier alpha value is -1.20. The number of benzene rings is 1. The summed E-state index contributed by atoms with van der Waals surface area (Å²) in [6.45, 7) is 0. The van der Waals surface area contributed by atoms with Gasteiger partial charge in [-0.05, 0) is 43.9 Å². The number of halogens is 1. The summed E-state index contributed by atoms with van der Waals surface area (Å²) in [6, 6.07) is 8.01. The number of ether oxygens (including phenoxy) is 1. The Kier molecular flexibility index (Phi) is 2.52. The molecule has 1 spiro atoms. The lowest BCUT2D eigenvalue weighted by atomic mass is 9.82. The molecule has 0 amide bonds. The van der Waals surface area contributed by atoms with E-state index in [1.165, 1.54) is 12.8 Å². The molecule has 1 saturated carbocycles.